The van der Waals surface area contributed by atoms with E-state index in [1.807, 2.05) is 0 Å². The Morgan fingerprint density at radius 1 is 1.60 bits per heavy atom. The highest BCUT2D eigenvalue weighted by atomic mass is 35.5. The molecule has 2 N–H and O–H groups in total. The highest BCUT2D eigenvalue weighted by Gasteiger charge is 2.24. The molecular formula is C6H14ClNS2. The van der Waals surface area contributed by atoms with Gasteiger partial charge in [-0.25, -0.2) is 0 Å². The van der Waals surface area contributed by atoms with Crippen LogP contribution in [0.3, 0.4) is 0 Å². The van der Waals surface area contributed by atoms with Crippen LogP contribution in [0.5, 0.6) is 0 Å². The minimum atomic E-state index is -0.852. The van der Waals surface area contributed by atoms with Crippen molar-refractivity contribution in [2.24, 2.45) is 5.73 Å². The quantitative estimate of drug-likeness (QED) is 0.362. The summed E-state index contributed by atoms with van der Waals surface area (Å²) in [6.07, 6.45) is 3.09. The van der Waals surface area contributed by atoms with Crippen LogP contribution in [0, 0.1) is 0 Å². The first-order valence-electron chi connectivity index (χ1n) is 3.37. The van der Waals surface area contributed by atoms with Crippen molar-refractivity contribution < 1.29 is 0 Å². The predicted octanol–water partition coefficient (Wildman–Crippen LogP) is 2.26. The molecule has 1 atom stereocenters. The molecule has 10 heavy (non-hydrogen) atoms. The minimum Gasteiger partial charge on any atom is -0.325 e. The number of halogens is 1. The molecule has 4 heteroatoms. The van der Waals surface area contributed by atoms with Crippen molar-refractivity contribution in [3.63, 3.8) is 0 Å². The van der Waals surface area contributed by atoms with E-state index in [2.05, 4.69) is 32.2 Å². The van der Waals surface area contributed by atoms with E-state index in [4.69, 9.17) is 17.3 Å². The van der Waals surface area contributed by atoms with Gasteiger partial charge in [0.25, 0.3) is 0 Å². The summed E-state index contributed by atoms with van der Waals surface area (Å²) in [5.74, 6) is 0. The lowest BCUT2D eigenvalue weighted by atomic mass is 10.1. The number of hydrogen-bond acceptors (Lipinski definition) is 3. The fourth-order valence-corrected chi connectivity index (χ4v) is 0.975. The van der Waals surface area contributed by atoms with Gasteiger partial charge < -0.3 is 5.73 Å². The van der Waals surface area contributed by atoms with Crippen LogP contribution in [0.15, 0.2) is 0 Å². The lowest BCUT2D eigenvalue weighted by molar-refractivity contribution is 0.594. The molecule has 0 aliphatic heterocycles. The summed E-state index contributed by atoms with van der Waals surface area (Å²) in [4.78, 5) is 0. The van der Waals surface area contributed by atoms with E-state index in [1.54, 1.807) is 0 Å². The molecule has 0 aromatic heterocycles. The third kappa shape index (κ3) is 4.72. The maximum Gasteiger partial charge on any atom is 0.145 e. The first kappa shape index (κ1) is 11.0. The van der Waals surface area contributed by atoms with E-state index >= 15 is 0 Å². The SMILES string of the molecule is CCCCC(N)C(S)(S)Cl. The zero-order valence-electron chi connectivity index (χ0n) is 6.05. The maximum absolute atomic E-state index is 5.72. The second kappa shape index (κ2) is 4.75. The Morgan fingerprint density at radius 2 is 2.10 bits per heavy atom. The number of unbranched alkanes of at least 4 members (excludes halogenated alkanes) is 1. The van der Waals surface area contributed by atoms with E-state index in [-0.39, 0.29) is 6.04 Å². The molecule has 0 rings (SSSR count). The van der Waals surface area contributed by atoms with Gasteiger partial charge in [-0.1, -0.05) is 31.4 Å². The van der Waals surface area contributed by atoms with Crippen LogP contribution in [0.25, 0.3) is 0 Å². The highest BCUT2D eigenvalue weighted by molar-refractivity contribution is 8.02. The summed E-state index contributed by atoms with van der Waals surface area (Å²) in [7, 11) is 0. The normalized spacial score (nSPS) is 15.3. The summed E-state index contributed by atoms with van der Waals surface area (Å²) in [6, 6.07) is -0.138. The topological polar surface area (TPSA) is 26.0 Å². The van der Waals surface area contributed by atoms with Crippen molar-refractivity contribution in [2.75, 3.05) is 0 Å². The predicted molar refractivity (Wildman–Crippen MR) is 54.1 cm³/mol. The number of thiol groups is 2. The van der Waals surface area contributed by atoms with Gasteiger partial charge in [-0.15, -0.1) is 25.3 Å². The molecule has 0 fully saturated rings. The van der Waals surface area contributed by atoms with Gasteiger partial charge in [0.2, 0.25) is 0 Å². The molecule has 0 aromatic rings. The standard InChI is InChI=1S/C6H14ClNS2/c1-2-3-4-5(8)6(7,9)10/h5,9-10H,2-4,8H2,1H3. The number of rotatable bonds is 4. The summed E-state index contributed by atoms with van der Waals surface area (Å²) in [5.41, 5.74) is 5.65. The molecule has 0 saturated carbocycles. The molecule has 0 bridgehead atoms. The molecule has 0 spiro atoms. The Balaban J connectivity index is 3.52. The molecule has 1 nitrogen and oxygen atoms in total. The second-order valence-corrected chi connectivity index (χ2v) is 5.27. The number of hydrogen-bond donors (Lipinski definition) is 3. The van der Waals surface area contributed by atoms with Gasteiger partial charge >= 0.3 is 0 Å². The molecule has 0 aliphatic rings. The van der Waals surface area contributed by atoms with Gasteiger partial charge in [-0.2, -0.15) is 0 Å². The Morgan fingerprint density at radius 3 is 2.40 bits per heavy atom. The molecule has 0 saturated heterocycles. The third-order valence-electron chi connectivity index (χ3n) is 1.34. The van der Waals surface area contributed by atoms with Gasteiger partial charge in [-0.3, -0.25) is 0 Å². The van der Waals surface area contributed by atoms with Gasteiger partial charge in [0.05, 0.1) is 0 Å². The molecule has 1 unspecified atom stereocenters. The highest BCUT2D eigenvalue weighted by Crippen LogP contribution is 2.30. The van der Waals surface area contributed by atoms with Crippen LogP contribution in [-0.4, -0.2) is 9.58 Å². The zero-order chi connectivity index (χ0) is 8.20. The summed E-state index contributed by atoms with van der Waals surface area (Å²) in [5, 5.41) is 0. The molecule has 62 valence electrons. The average Bonchev–Trinajstić information content (AvgIpc) is 1.80. The molecule has 0 aliphatic carbocycles. The van der Waals surface area contributed by atoms with Crippen LogP contribution >= 0.6 is 36.9 Å². The lowest BCUT2D eigenvalue weighted by Crippen LogP contribution is -2.34. The molecule has 0 aromatic carbocycles. The number of nitrogens with two attached hydrogens (primary N) is 1. The molecule has 0 amide bonds. The average molecular weight is 200 g/mol. The van der Waals surface area contributed by atoms with Crippen LogP contribution in [0.2, 0.25) is 0 Å². The molecular weight excluding hydrogens is 186 g/mol. The van der Waals surface area contributed by atoms with Crippen LogP contribution < -0.4 is 5.73 Å². The summed E-state index contributed by atoms with van der Waals surface area (Å²) < 4.78 is -0.852. The van der Waals surface area contributed by atoms with Gasteiger partial charge in [-0.05, 0) is 6.42 Å². The van der Waals surface area contributed by atoms with Gasteiger partial charge in [0, 0.05) is 6.04 Å². The lowest BCUT2D eigenvalue weighted by Gasteiger charge is -2.21. The Kier molecular flexibility index (Phi) is 5.20. The van der Waals surface area contributed by atoms with Crippen LogP contribution in [0.1, 0.15) is 26.2 Å². The summed E-state index contributed by atoms with van der Waals surface area (Å²) >= 11 is 13.8. The number of alkyl halides is 1. The Hall–Kier alpha value is 0.950. The third-order valence-corrected chi connectivity index (χ3v) is 2.28. The Labute approximate surface area is 78.5 Å². The fraction of sp³-hybridized carbons (Fsp3) is 1.00. The van der Waals surface area contributed by atoms with E-state index in [9.17, 15) is 0 Å². The van der Waals surface area contributed by atoms with Crippen molar-refractivity contribution in [1.82, 2.24) is 0 Å². The monoisotopic (exact) mass is 199 g/mol. The van der Waals surface area contributed by atoms with Crippen molar-refractivity contribution in [3.05, 3.63) is 0 Å². The maximum atomic E-state index is 5.72. The van der Waals surface area contributed by atoms with E-state index in [0.29, 0.717) is 0 Å². The smallest absolute Gasteiger partial charge is 0.145 e. The minimum absolute atomic E-state index is 0.138. The summed E-state index contributed by atoms with van der Waals surface area (Å²) in [6.45, 7) is 2.11. The van der Waals surface area contributed by atoms with E-state index < -0.39 is 3.54 Å². The molecule has 0 radical (unpaired) electrons. The van der Waals surface area contributed by atoms with Crippen molar-refractivity contribution in [2.45, 2.75) is 35.8 Å². The zero-order valence-corrected chi connectivity index (χ0v) is 8.59. The van der Waals surface area contributed by atoms with Crippen LogP contribution in [-0.2, 0) is 0 Å². The Bertz CT molecular complexity index is 92.2. The van der Waals surface area contributed by atoms with Crippen molar-refractivity contribution in [1.29, 1.82) is 0 Å². The van der Waals surface area contributed by atoms with Crippen molar-refractivity contribution in [3.8, 4) is 0 Å². The first-order chi connectivity index (χ1) is 4.48. The first-order valence-corrected chi connectivity index (χ1v) is 4.65. The van der Waals surface area contributed by atoms with E-state index in [1.165, 1.54) is 0 Å². The fourth-order valence-electron chi connectivity index (χ4n) is 0.608. The van der Waals surface area contributed by atoms with Crippen molar-refractivity contribution >= 4 is 36.9 Å². The second-order valence-electron chi connectivity index (χ2n) is 2.39. The van der Waals surface area contributed by atoms with Gasteiger partial charge in [0.15, 0.2) is 0 Å². The van der Waals surface area contributed by atoms with Crippen LogP contribution in [0.4, 0.5) is 0 Å². The van der Waals surface area contributed by atoms with E-state index in [0.717, 1.165) is 19.3 Å². The van der Waals surface area contributed by atoms with Gasteiger partial charge in [0.1, 0.15) is 3.54 Å². The molecule has 0 heterocycles. The largest absolute Gasteiger partial charge is 0.325 e.